The average molecular weight is 274 g/mol. The van der Waals surface area contributed by atoms with E-state index < -0.39 is 6.04 Å². The first-order valence-corrected chi connectivity index (χ1v) is 7.64. The fourth-order valence-electron chi connectivity index (χ4n) is 3.15. The molecule has 0 heterocycles. The van der Waals surface area contributed by atoms with Crippen molar-refractivity contribution >= 4 is 5.91 Å². The molecule has 0 spiro atoms. The first-order valence-electron chi connectivity index (χ1n) is 7.64. The van der Waals surface area contributed by atoms with Gasteiger partial charge in [-0.3, -0.25) is 4.79 Å². The third-order valence-electron chi connectivity index (χ3n) is 4.42. The summed E-state index contributed by atoms with van der Waals surface area (Å²) < 4.78 is 0. The summed E-state index contributed by atoms with van der Waals surface area (Å²) in [5.41, 5.74) is 7.22. The highest BCUT2D eigenvalue weighted by Crippen LogP contribution is 2.27. The summed E-state index contributed by atoms with van der Waals surface area (Å²) in [5.74, 6) is 0.794. The zero-order chi connectivity index (χ0) is 14.5. The van der Waals surface area contributed by atoms with Crippen LogP contribution in [0.2, 0.25) is 0 Å². The van der Waals surface area contributed by atoms with Gasteiger partial charge in [0, 0.05) is 13.1 Å². The molecule has 1 aromatic rings. The van der Waals surface area contributed by atoms with Crippen molar-refractivity contribution in [3.8, 4) is 0 Å². The third kappa shape index (κ3) is 3.83. The van der Waals surface area contributed by atoms with Crippen molar-refractivity contribution in [1.29, 1.82) is 0 Å². The minimum atomic E-state index is -0.431. The predicted octanol–water partition coefficient (Wildman–Crippen LogP) is 2.59. The lowest BCUT2D eigenvalue weighted by molar-refractivity contribution is -0.134. The van der Waals surface area contributed by atoms with Crippen LogP contribution in [0.5, 0.6) is 0 Å². The van der Waals surface area contributed by atoms with Gasteiger partial charge in [0.15, 0.2) is 0 Å². The number of nitrogens with zero attached hydrogens (tertiary/aromatic N) is 1. The zero-order valence-electron chi connectivity index (χ0n) is 12.6. The molecular formula is C17H26N2O. The molecule has 0 radical (unpaired) electrons. The summed E-state index contributed by atoms with van der Waals surface area (Å²) in [4.78, 5) is 14.3. The van der Waals surface area contributed by atoms with Crippen LogP contribution >= 0.6 is 0 Å². The second-order valence-electron chi connectivity index (χ2n) is 6.17. The normalized spacial score (nSPS) is 24.1. The van der Waals surface area contributed by atoms with Crippen LogP contribution < -0.4 is 5.73 Å². The van der Waals surface area contributed by atoms with Crippen LogP contribution in [0.4, 0.5) is 0 Å². The molecule has 20 heavy (non-hydrogen) atoms. The standard InChI is InChI=1S/C17H26N2O/c1-13-7-6-10-15(11-13)19(2)17(20)16(18)12-14-8-4-3-5-9-14/h3-5,8-9,13,15-16H,6-7,10-12,18H2,1-2H3. The summed E-state index contributed by atoms with van der Waals surface area (Å²) in [6.45, 7) is 2.27. The van der Waals surface area contributed by atoms with Crippen LogP contribution in [0.3, 0.4) is 0 Å². The first kappa shape index (κ1) is 15.0. The van der Waals surface area contributed by atoms with Gasteiger partial charge in [0.25, 0.3) is 0 Å². The van der Waals surface area contributed by atoms with Crippen LogP contribution in [0.1, 0.15) is 38.2 Å². The van der Waals surface area contributed by atoms with E-state index in [1.165, 1.54) is 12.8 Å². The lowest BCUT2D eigenvalue weighted by Gasteiger charge is -2.35. The maximum absolute atomic E-state index is 12.5. The van der Waals surface area contributed by atoms with E-state index in [9.17, 15) is 4.79 Å². The highest BCUT2D eigenvalue weighted by atomic mass is 16.2. The Balaban J connectivity index is 1.92. The van der Waals surface area contributed by atoms with Crippen molar-refractivity contribution in [2.24, 2.45) is 11.7 Å². The largest absolute Gasteiger partial charge is 0.341 e. The number of hydrogen-bond acceptors (Lipinski definition) is 2. The zero-order valence-corrected chi connectivity index (χ0v) is 12.6. The predicted molar refractivity (Wildman–Crippen MR) is 82.3 cm³/mol. The van der Waals surface area contributed by atoms with Crippen LogP contribution in [-0.2, 0) is 11.2 Å². The quantitative estimate of drug-likeness (QED) is 0.917. The highest BCUT2D eigenvalue weighted by Gasteiger charge is 2.28. The number of hydrogen-bond donors (Lipinski definition) is 1. The SMILES string of the molecule is CC1CCCC(N(C)C(=O)C(N)Cc2ccccc2)C1. The van der Waals surface area contributed by atoms with Gasteiger partial charge in [-0.05, 0) is 30.7 Å². The number of amides is 1. The lowest BCUT2D eigenvalue weighted by Crippen LogP contribution is -2.48. The van der Waals surface area contributed by atoms with Crippen LogP contribution in [-0.4, -0.2) is 29.9 Å². The number of likely N-dealkylation sites (N-methyl/N-ethyl adjacent to an activating group) is 1. The Morgan fingerprint density at radius 3 is 2.70 bits per heavy atom. The van der Waals surface area contributed by atoms with Gasteiger partial charge in [-0.25, -0.2) is 0 Å². The Labute approximate surface area is 122 Å². The Hall–Kier alpha value is -1.35. The molecule has 2 N–H and O–H groups in total. The Kier molecular flexibility index (Phi) is 5.18. The monoisotopic (exact) mass is 274 g/mol. The van der Waals surface area contributed by atoms with E-state index in [2.05, 4.69) is 6.92 Å². The molecule has 3 atom stereocenters. The number of carbonyl (C=O) groups is 1. The van der Waals surface area contributed by atoms with Gasteiger partial charge in [0.1, 0.15) is 0 Å². The molecule has 0 saturated heterocycles. The van der Waals surface area contributed by atoms with E-state index in [0.717, 1.165) is 18.4 Å². The molecule has 1 saturated carbocycles. The molecule has 3 unspecified atom stereocenters. The maximum Gasteiger partial charge on any atom is 0.239 e. The minimum Gasteiger partial charge on any atom is -0.341 e. The number of rotatable bonds is 4. The third-order valence-corrected chi connectivity index (χ3v) is 4.42. The first-order chi connectivity index (χ1) is 9.58. The minimum absolute atomic E-state index is 0.0768. The van der Waals surface area contributed by atoms with Gasteiger partial charge in [-0.1, -0.05) is 50.1 Å². The van der Waals surface area contributed by atoms with E-state index in [-0.39, 0.29) is 5.91 Å². The van der Waals surface area contributed by atoms with Gasteiger partial charge in [-0.2, -0.15) is 0 Å². The fourth-order valence-corrected chi connectivity index (χ4v) is 3.15. The smallest absolute Gasteiger partial charge is 0.239 e. The Morgan fingerprint density at radius 2 is 2.05 bits per heavy atom. The van der Waals surface area contributed by atoms with Gasteiger partial charge in [0.2, 0.25) is 5.91 Å². The van der Waals surface area contributed by atoms with Crippen LogP contribution in [0.25, 0.3) is 0 Å². The molecule has 2 rings (SSSR count). The van der Waals surface area contributed by atoms with Crippen molar-refractivity contribution in [2.45, 2.75) is 51.1 Å². The second kappa shape index (κ2) is 6.89. The van der Waals surface area contributed by atoms with Gasteiger partial charge < -0.3 is 10.6 Å². The Morgan fingerprint density at radius 1 is 1.35 bits per heavy atom. The highest BCUT2D eigenvalue weighted by molar-refractivity contribution is 5.82. The topological polar surface area (TPSA) is 46.3 Å². The van der Waals surface area contributed by atoms with Gasteiger partial charge in [-0.15, -0.1) is 0 Å². The van der Waals surface area contributed by atoms with Crippen molar-refractivity contribution in [3.63, 3.8) is 0 Å². The van der Waals surface area contributed by atoms with Gasteiger partial charge >= 0.3 is 0 Å². The molecule has 1 amide bonds. The van der Waals surface area contributed by atoms with Crippen LogP contribution in [0.15, 0.2) is 30.3 Å². The van der Waals surface area contributed by atoms with Crippen LogP contribution in [0, 0.1) is 5.92 Å². The molecule has 1 aliphatic rings. The molecule has 0 bridgehead atoms. The molecule has 1 aliphatic carbocycles. The summed E-state index contributed by atoms with van der Waals surface area (Å²) in [6.07, 6.45) is 5.35. The van der Waals surface area contributed by atoms with E-state index in [1.54, 1.807) is 0 Å². The molecule has 3 heteroatoms. The van der Waals surface area contributed by atoms with Crippen molar-refractivity contribution in [3.05, 3.63) is 35.9 Å². The van der Waals surface area contributed by atoms with E-state index in [0.29, 0.717) is 18.4 Å². The van der Waals surface area contributed by atoms with Crippen molar-refractivity contribution < 1.29 is 4.79 Å². The number of benzene rings is 1. The molecule has 1 aromatic carbocycles. The number of nitrogens with two attached hydrogens (primary N) is 1. The van der Waals surface area contributed by atoms with E-state index in [4.69, 9.17) is 5.73 Å². The van der Waals surface area contributed by atoms with Gasteiger partial charge in [0.05, 0.1) is 6.04 Å². The van der Waals surface area contributed by atoms with Crippen molar-refractivity contribution in [1.82, 2.24) is 4.90 Å². The van der Waals surface area contributed by atoms with E-state index in [1.807, 2.05) is 42.3 Å². The summed E-state index contributed by atoms with van der Waals surface area (Å²) in [6, 6.07) is 9.93. The Bertz CT molecular complexity index is 432. The molecule has 110 valence electrons. The number of carbonyl (C=O) groups excluding carboxylic acids is 1. The fraction of sp³-hybridized carbons (Fsp3) is 0.588. The molecule has 1 fully saturated rings. The van der Waals surface area contributed by atoms with E-state index >= 15 is 0 Å². The molecule has 3 nitrogen and oxygen atoms in total. The summed E-state index contributed by atoms with van der Waals surface area (Å²) in [5, 5.41) is 0. The summed E-state index contributed by atoms with van der Waals surface area (Å²) >= 11 is 0. The maximum atomic E-state index is 12.5. The van der Waals surface area contributed by atoms with Crippen molar-refractivity contribution in [2.75, 3.05) is 7.05 Å². The summed E-state index contributed by atoms with van der Waals surface area (Å²) in [7, 11) is 1.91. The molecule has 0 aliphatic heterocycles. The molecule has 0 aromatic heterocycles. The second-order valence-corrected chi connectivity index (χ2v) is 6.17. The lowest BCUT2D eigenvalue weighted by atomic mass is 9.86. The molecular weight excluding hydrogens is 248 g/mol. The average Bonchev–Trinajstić information content (AvgIpc) is 2.46.